The largest absolute Gasteiger partial charge is 0.271 e. The van der Waals surface area contributed by atoms with Crippen LogP contribution in [0.2, 0.25) is 10.0 Å². The lowest BCUT2D eigenvalue weighted by Crippen LogP contribution is -2.29. The normalized spacial score (nSPS) is 12.4. The maximum absolute atomic E-state index is 13.8. The van der Waals surface area contributed by atoms with Crippen molar-refractivity contribution >= 4 is 23.2 Å². The Hall–Kier alpha value is -1.13. The van der Waals surface area contributed by atoms with Crippen LogP contribution in [0.3, 0.4) is 0 Å². The molecule has 2 aromatic rings. The van der Waals surface area contributed by atoms with E-state index in [-0.39, 0.29) is 5.82 Å². The first-order chi connectivity index (χ1) is 8.63. The van der Waals surface area contributed by atoms with E-state index in [2.05, 4.69) is 5.43 Å². The average molecular weight is 285 g/mol. The Morgan fingerprint density at radius 1 is 1.06 bits per heavy atom. The molecule has 0 aliphatic rings. The second-order valence-electron chi connectivity index (χ2n) is 3.79. The van der Waals surface area contributed by atoms with E-state index < -0.39 is 6.04 Å². The van der Waals surface area contributed by atoms with Crippen molar-refractivity contribution in [2.75, 3.05) is 0 Å². The van der Waals surface area contributed by atoms with Crippen LogP contribution in [0.1, 0.15) is 17.2 Å². The van der Waals surface area contributed by atoms with Crippen LogP contribution in [-0.4, -0.2) is 0 Å². The molecule has 0 fully saturated rings. The molecule has 2 aromatic carbocycles. The van der Waals surface area contributed by atoms with Gasteiger partial charge in [0, 0.05) is 15.6 Å². The van der Waals surface area contributed by atoms with Crippen LogP contribution in [0.15, 0.2) is 42.5 Å². The van der Waals surface area contributed by atoms with E-state index in [9.17, 15) is 4.39 Å². The highest BCUT2D eigenvalue weighted by atomic mass is 35.5. The predicted molar refractivity (Wildman–Crippen MR) is 72.0 cm³/mol. The number of benzene rings is 2. The quantitative estimate of drug-likeness (QED) is 0.666. The van der Waals surface area contributed by atoms with Gasteiger partial charge in [-0.1, -0.05) is 41.4 Å². The molecule has 2 rings (SSSR count). The Labute approximate surface area is 114 Å². The molecular weight excluding hydrogens is 274 g/mol. The molecule has 5 heteroatoms. The van der Waals surface area contributed by atoms with E-state index in [1.165, 1.54) is 6.07 Å². The molecule has 2 nitrogen and oxygen atoms in total. The number of rotatable bonds is 3. The van der Waals surface area contributed by atoms with E-state index >= 15 is 0 Å². The zero-order valence-corrected chi connectivity index (χ0v) is 10.8. The summed E-state index contributed by atoms with van der Waals surface area (Å²) in [4.78, 5) is 0. The summed E-state index contributed by atoms with van der Waals surface area (Å²) in [5.41, 5.74) is 3.62. The van der Waals surface area contributed by atoms with Crippen molar-refractivity contribution in [2.24, 2.45) is 5.84 Å². The fourth-order valence-corrected chi connectivity index (χ4v) is 2.20. The molecule has 1 unspecified atom stereocenters. The highest BCUT2D eigenvalue weighted by Crippen LogP contribution is 2.31. The molecule has 0 spiro atoms. The van der Waals surface area contributed by atoms with Crippen molar-refractivity contribution in [3.63, 3.8) is 0 Å². The van der Waals surface area contributed by atoms with E-state index in [4.69, 9.17) is 29.0 Å². The van der Waals surface area contributed by atoms with Crippen LogP contribution in [0.5, 0.6) is 0 Å². The number of hydrogen-bond acceptors (Lipinski definition) is 2. The van der Waals surface area contributed by atoms with Gasteiger partial charge in [-0.2, -0.15) is 0 Å². The molecule has 0 bridgehead atoms. The second-order valence-corrected chi connectivity index (χ2v) is 4.63. The first-order valence-electron chi connectivity index (χ1n) is 5.29. The van der Waals surface area contributed by atoms with E-state index in [1.807, 2.05) is 0 Å². The maximum Gasteiger partial charge on any atom is 0.128 e. The van der Waals surface area contributed by atoms with Gasteiger partial charge in [0.25, 0.3) is 0 Å². The lowest BCUT2D eigenvalue weighted by Gasteiger charge is -2.19. The standard InChI is InChI=1S/C13H11Cl2FN2/c14-8-5-6-11(15)10(7-8)13(18-17)9-3-1-2-4-12(9)16/h1-7,13,18H,17H2. The van der Waals surface area contributed by atoms with Gasteiger partial charge in [-0.3, -0.25) is 5.84 Å². The van der Waals surface area contributed by atoms with E-state index in [0.717, 1.165) is 0 Å². The fraction of sp³-hybridized carbons (Fsp3) is 0.0769. The number of halogens is 3. The Morgan fingerprint density at radius 2 is 1.78 bits per heavy atom. The monoisotopic (exact) mass is 284 g/mol. The van der Waals surface area contributed by atoms with Gasteiger partial charge < -0.3 is 0 Å². The third-order valence-corrected chi connectivity index (χ3v) is 3.23. The molecule has 0 saturated carbocycles. The van der Waals surface area contributed by atoms with Gasteiger partial charge in [0.2, 0.25) is 0 Å². The van der Waals surface area contributed by atoms with Crippen molar-refractivity contribution in [1.82, 2.24) is 5.43 Å². The van der Waals surface area contributed by atoms with Gasteiger partial charge in [-0.15, -0.1) is 0 Å². The highest BCUT2D eigenvalue weighted by Gasteiger charge is 2.19. The first-order valence-corrected chi connectivity index (χ1v) is 6.04. The summed E-state index contributed by atoms with van der Waals surface area (Å²) >= 11 is 12.0. The SMILES string of the molecule is NNC(c1ccccc1F)c1cc(Cl)ccc1Cl. The van der Waals surface area contributed by atoms with Crippen LogP contribution in [0.4, 0.5) is 4.39 Å². The molecule has 1 atom stereocenters. The van der Waals surface area contributed by atoms with Gasteiger partial charge >= 0.3 is 0 Å². The minimum absolute atomic E-state index is 0.350. The molecule has 18 heavy (non-hydrogen) atoms. The highest BCUT2D eigenvalue weighted by molar-refractivity contribution is 6.33. The Bertz CT molecular complexity index is 560. The molecule has 3 N–H and O–H groups in total. The molecule has 0 aliphatic heterocycles. The van der Waals surface area contributed by atoms with Gasteiger partial charge in [0.15, 0.2) is 0 Å². The van der Waals surface area contributed by atoms with Crippen LogP contribution in [0.25, 0.3) is 0 Å². The second kappa shape index (κ2) is 5.67. The predicted octanol–water partition coefficient (Wildman–Crippen LogP) is 3.69. The third kappa shape index (κ3) is 2.65. The van der Waals surface area contributed by atoms with Gasteiger partial charge in [-0.25, -0.2) is 9.82 Å². The van der Waals surface area contributed by atoms with Crippen LogP contribution in [0, 0.1) is 5.82 Å². The summed E-state index contributed by atoms with van der Waals surface area (Å²) in [5.74, 6) is 5.16. The molecule has 0 heterocycles. The smallest absolute Gasteiger partial charge is 0.128 e. The average Bonchev–Trinajstić information content (AvgIpc) is 2.36. The fourth-order valence-electron chi connectivity index (χ4n) is 1.79. The number of nitrogens with one attached hydrogen (secondary N) is 1. The minimum atomic E-state index is -0.544. The molecule has 0 amide bonds. The topological polar surface area (TPSA) is 38.0 Å². The first kappa shape index (κ1) is 13.3. The van der Waals surface area contributed by atoms with Crippen molar-refractivity contribution < 1.29 is 4.39 Å². The van der Waals surface area contributed by atoms with Gasteiger partial charge in [0.05, 0.1) is 6.04 Å². The van der Waals surface area contributed by atoms with Crippen molar-refractivity contribution in [2.45, 2.75) is 6.04 Å². The van der Waals surface area contributed by atoms with Crippen LogP contribution >= 0.6 is 23.2 Å². The maximum atomic E-state index is 13.8. The zero-order chi connectivity index (χ0) is 13.1. The molecule has 0 saturated heterocycles. The lowest BCUT2D eigenvalue weighted by molar-refractivity contribution is 0.560. The Kier molecular flexibility index (Phi) is 4.19. The molecular formula is C13H11Cl2FN2. The Balaban J connectivity index is 2.52. The molecule has 0 aromatic heterocycles. The summed E-state index contributed by atoms with van der Waals surface area (Å²) < 4.78 is 13.8. The summed E-state index contributed by atoms with van der Waals surface area (Å²) in [5, 5.41) is 0.997. The summed E-state index contributed by atoms with van der Waals surface area (Å²) in [6.07, 6.45) is 0. The summed E-state index contributed by atoms with van der Waals surface area (Å²) in [7, 11) is 0. The zero-order valence-electron chi connectivity index (χ0n) is 9.33. The van der Waals surface area contributed by atoms with Crippen LogP contribution in [-0.2, 0) is 0 Å². The molecule has 94 valence electrons. The summed E-state index contributed by atoms with van der Waals surface area (Å²) in [6, 6.07) is 10.8. The van der Waals surface area contributed by atoms with Crippen LogP contribution < -0.4 is 11.3 Å². The summed E-state index contributed by atoms with van der Waals surface area (Å²) in [6.45, 7) is 0. The molecule has 0 aliphatic carbocycles. The van der Waals surface area contributed by atoms with Crippen molar-refractivity contribution in [3.8, 4) is 0 Å². The number of hydrogen-bond donors (Lipinski definition) is 2. The van der Waals surface area contributed by atoms with Gasteiger partial charge in [0.1, 0.15) is 5.82 Å². The lowest BCUT2D eigenvalue weighted by atomic mass is 9.99. The number of nitrogens with two attached hydrogens (primary N) is 1. The molecule has 0 radical (unpaired) electrons. The minimum Gasteiger partial charge on any atom is -0.271 e. The van der Waals surface area contributed by atoms with E-state index in [1.54, 1.807) is 36.4 Å². The van der Waals surface area contributed by atoms with Crippen molar-refractivity contribution in [3.05, 3.63) is 69.5 Å². The van der Waals surface area contributed by atoms with Crippen molar-refractivity contribution in [1.29, 1.82) is 0 Å². The number of hydrazine groups is 1. The third-order valence-electron chi connectivity index (χ3n) is 2.65. The Morgan fingerprint density at radius 3 is 2.44 bits per heavy atom. The van der Waals surface area contributed by atoms with Gasteiger partial charge in [-0.05, 0) is 29.8 Å². The van der Waals surface area contributed by atoms with E-state index in [0.29, 0.717) is 21.2 Å².